The van der Waals surface area contributed by atoms with E-state index in [0.29, 0.717) is 0 Å². The van der Waals surface area contributed by atoms with E-state index in [4.69, 9.17) is 5.73 Å². The van der Waals surface area contributed by atoms with Gasteiger partial charge in [0.15, 0.2) is 0 Å². The Labute approximate surface area is 100 Å². The number of nitrogens with two attached hydrogens (primary N) is 1. The van der Waals surface area contributed by atoms with Gasteiger partial charge < -0.3 is 10.6 Å². The first kappa shape index (κ1) is 13.0. The van der Waals surface area contributed by atoms with Gasteiger partial charge in [-0.05, 0) is 32.5 Å². The van der Waals surface area contributed by atoms with Crippen molar-refractivity contribution >= 4 is 23.1 Å². The summed E-state index contributed by atoms with van der Waals surface area (Å²) in [5, 5.41) is 3.23. The zero-order chi connectivity index (χ0) is 11.3. The molecule has 1 rings (SSSR count). The highest BCUT2D eigenvalue weighted by atomic mass is 32.2. The highest BCUT2D eigenvalue weighted by Crippen LogP contribution is 2.19. The number of nitrogens with zero attached hydrogens (tertiary/aromatic N) is 2. The van der Waals surface area contributed by atoms with E-state index < -0.39 is 0 Å². The third kappa shape index (κ3) is 4.51. The molecule has 5 heteroatoms. The van der Waals surface area contributed by atoms with Crippen molar-refractivity contribution in [1.82, 2.24) is 9.88 Å². The van der Waals surface area contributed by atoms with E-state index in [1.807, 2.05) is 11.8 Å². The summed E-state index contributed by atoms with van der Waals surface area (Å²) in [6.45, 7) is 0.903. The van der Waals surface area contributed by atoms with Crippen molar-refractivity contribution in [3.8, 4) is 0 Å². The summed E-state index contributed by atoms with van der Waals surface area (Å²) in [5.74, 6) is 1.10. The molecule has 2 N–H and O–H groups in total. The Hall–Kier alpha value is -0.100. The molecule has 0 amide bonds. The van der Waals surface area contributed by atoms with Crippen molar-refractivity contribution in [3.63, 3.8) is 0 Å². The molecule has 1 aromatic rings. The largest absolute Gasteiger partial charge is 0.323 e. The summed E-state index contributed by atoms with van der Waals surface area (Å²) < 4.78 is 0. The highest BCUT2D eigenvalue weighted by molar-refractivity contribution is 7.98. The van der Waals surface area contributed by atoms with Gasteiger partial charge in [-0.15, -0.1) is 11.3 Å². The molecule has 15 heavy (non-hydrogen) atoms. The van der Waals surface area contributed by atoms with Gasteiger partial charge in [-0.3, -0.25) is 0 Å². The second-order valence-electron chi connectivity index (χ2n) is 3.79. The first-order chi connectivity index (χ1) is 7.13. The minimum absolute atomic E-state index is 0.101. The van der Waals surface area contributed by atoms with Crippen molar-refractivity contribution in [1.29, 1.82) is 0 Å². The van der Waals surface area contributed by atoms with Crippen molar-refractivity contribution in [2.45, 2.75) is 19.0 Å². The second-order valence-corrected chi connectivity index (χ2v) is 5.72. The van der Waals surface area contributed by atoms with Crippen LogP contribution in [0.5, 0.6) is 0 Å². The normalized spacial score (nSPS) is 13.4. The van der Waals surface area contributed by atoms with Crippen LogP contribution in [0.3, 0.4) is 0 Å². The van der Waals surface area contributed by atoms with Crippen LogP contribution in [0.1, 0.15) is 23.2 Å². The molecule has 1 heterocycles. The minimum atomic E-state index is 0.101. The molecule has 0 bridgehead atoms. The Balaban J connectivity index is 2.51. The van der Waals surface area contributed by atoms with Crippen LogP contribution in [0.15, 0.2) is 5.38 Å². The number of hydrogen-bond donors (Lipinski definition) is 1. The minimum Gasteiger partial charge on any atom is -0.323 e. The number of rotatable bonds is 6. The van der Waals surface area contributed by atoms with E-state index in [-0.39, 0.29) is 6.04 Å². The lowest BCUT2D eigenvalue weighted by atomic mass is 10.2. The fraction of sp³-hybridized carbons (Fsp3) is 0.700. The maximum Gasteiger partial charge on any atom is 0.107 e. The average molecular weight is 245 g/mol. The van der Waals surface area contributed by atoms with Gasteiger partial charge in [0.25, 0.3) is 0 Å². The van der Waals surface area contributed by atoms with E-state index in [1.54, 1.807) is 11.3 Å². The maximum atomic E-state index is 6.04. The lowest BCUT2D eigenvalue weighted by Crippen LogP contribution is -2.13. The average Bonchev–Trinajstić information content (AvgIpc) is 2.61. The summed E-state index contributed by atoms with van der Waals surface area (Å²) in [6, 6.07) is 0.101. The molecule has 0 aromatic carbocycles. The van der Waals surface area contributed by atoms with Gasteiger partial charge in [0.1, 0.15) is 5.01 Å². The smallest absolute Gasteiger partial charge is 0.107 e. The van der Waals surface area contributed by atoms with Crippen LogP contribution >= 0.6 is 23.1 Å². The van der Waals surface area contributed by atoms with Gasteiger partial charge >= 0.3 is 0 Å². The predicted molar refractivity (Wildman–Crippen MR) is 69.4 cm³/mol. The van der Waals surface area contributed by atoms with Crippen LogP contribution in [0.4, 0.5) is 0 Å². The topological polar surface area (TPSA) is 42.1 Å². The van der Waals surface area contributed by atoms with Crippen LogP contribution < -0.4 is 5.73 Å². The standard InChI is InChI=1S/C10H19N3S2/c1-13(2)6-10-12-9(7-15-10)8(11)4-5-14-3/h7-8H,4-6,11H2,1-3H3. The zero-order valence-electron chi connectivity index (χ0n) is 9.56. The summed E-state index contributed by atoms with van der Waals surface area (Å²) in [7, 11) is 4.10. The fourth-order valence-electron chi connectivity index (χ4n) is 1.23. The van der Waals surface area contributed by atoms with E-state index in [9.17, 15) is 0 Å². The highest BCUT2D eigenvalue weighted by Gasteiger charge is 2.10. The molecule has 0 saturated carbocycles. The van der Waals surface area contributed by atoms with E-state index in [1.165, 1.54) is 0 Å². The second kappa shape index (κ2) is 6.48. The first-order valence-corrected chi connectivity index (χ1v) is 7.24. The Kier molecular flexibility index (Phi) is 5.60. The molecule has 3 nitrogen and oxygen atoms in total. The van der Waals surface area contributed by atoms with Crippen molar-refractivity contribution in [3.05, 3.63) is 16.1 Å². The molecule has 0 aliphatic carbocycles. The van der Waals surface area contributed by atoms with Crippen LogP contribution in [-0.2, 0) is 6.54 Å². The Morgan fingerprint density at radius 2 is 2.33 bits per heavy atom. The van der Waals surface area contributed by atoms with Crippen LogP contribution in [-0.4, -0.2) is 36.0 Å². The molecule has 1 unspecified atom stereocenters. The maximum absolute atomic E-state index is 6.04. The molecule has 1 atom stereocenters. The molecular formula is C10H19N3S2. The van der Waals surface area contributed by atoms with E-state index in [2.05, 4.69) is 35.6 Å². The monoisotopic (exact) mass is 245 g/mol. The van der Waals surface area contributed by atoms with Crippen LogP contribution in [0, 0.1) is 0 Å². The van der Waals surface area contributed by atoms with E-state index >= 15 is 0 Å². The van der Waals surface area contributed by atoms with Crippen LogP contribution in [0.2, 0.25) is 0 Å². The molecular weight excluding hydrogens is 226 g/mol. The number of thiazole rings is 1. The molecule has 0 radical (unpaired) electrons. The number of thioether (sulfide) groups is 1. The quantitative estimate of drug-likeness (QED) is 0.832. The van der Waals surface area contributed by atoms with Gasteiger partial charge in [-0.1, -0.05) is 0 Å². The van der Waals surface area contributed by atoms with Gasteiger partial charge in [-0.25, -0.2) is 4.98 Å². The van der Waals surface area contributed by atoms with Crippen molar-refractivity contribution < 1.29 is 0 Å². The molecule has 0 aliphatic rings. The Bertz CT molecular complexity index is 286. The molecule has 0 spiro atoms. The summed E-state index contributed by atoms with van der Waals surface area (Å²) in [5.41, 5.74) is 7.09. The summed E-state index contributed by atoms with van der Waals surface area (Å²) in [4.78, 5) is 6.67. The van der Waals surface area contributed by atoms with Crippen molar-refractivity contribution in [2.24, 2.45) is 5.73 Å². The molecule has 1 aromatic heterocycles. The number of aromatic nitrogens is 1. The third-order valence-electron chi connectivity index (χ3n) is 2.03. The number of hydrogen-bond acceptors (Lipinski definition) is 5. The lowest BCUT2D eigenvalue weighted by molar-refractivity contribution is 0.401. The molecule has 86 valence electrons. The lowest BCUT2D eigenvalue weighted by Gasteiger charge is -2.08. The van der Waals surface area contributed by atoms with Gasteiger partial charge in [0.05, 0.1) is 5.69 Å². The van der Waals surface area contributed by atoms with Crippen molar-refractivity contribution in [2.75, 3.05) is 26.1 Å². The Morgan fingerprint density at radius 1 is 1.60 bits per heavy atom. The van der Waals surface area contributed by atoms with Gasteiger partial charge in [0.2, 0.25) is 0 Å². The SMILES string of the molecule is CSCCC(N)c1csc(CN(C)C)n1. The van der Waals surface area contributed by atoms with Gasteiger partial charge in [-0.2, -0.15) is 11.8 Å². The molecule has 0 fully saturated rings. The summed E-state index contributed by atoms with van der Waals surface area (Å²) >= 11 is 3.53. The fourth-order valence-corrected chi connectivity index (χ4v) is 2.70. The molecule has 0 saturated heterocycles. The predicted octanol–water partition coefficient (Wildman–Crippen LogP) is 1.96. The van der Waals surface area contributed by atoms with Gasteiger partial charge in [0, 0.05) is 18.0 Å². The Morgan fingerprint density at radius 3 is 2.93 bits per heavy atom. The summed E-state index contributed by atoms with van der Waals surface area (Å²) in [6.07, 6.45) is 3.11. The van der Waals surface area contributed by atoms with Crippen LogP contribution in [0.25, 0.3) is 0 Å². The zero-order valence-corrected chi connectivity index (χ0v) is 11.2. The molecule has 0 aliphatic heterocycles. The van der Waals surface area contributed by atoms with E-state index in [0.717, 1.165) is 29.4 Å². The first-order valence-electron chi connectivity index (χ1n) is 4.97. The third-order valence-corrected chi connectivity index (χ3v) is 3.53.